The Hall–Kier alpha value is -1.51. The topological polar surface area (TPSA) is 38.3 Å². The molecule has 0 saturated heterocycles. The third-order valence-electron chi connectivity index (χ3n) is 5.51. The van der Waals surface area contributed by atoms with E-state index < -0.39 is 0 Å². The van der Waals surface area contributed by atoms with Crippen molar-refractivity contribution < 1.29 is 9.53 Å². The fourth-order valence-corrected chi connectivity index (χ4v) is 3.75. The molecule has 1 unspecified atom stereocenters. The molecule has 0 amide bonds. The van der Waals surface area contributed by atoms with Crippen LogP contribution < -0.4 is 5.32 Å². The summed E-state index contributed by atoms with van der Waals surface area (Å²) in [6, 6.07) is 8.63. The quantitative estimate of drug-likeness (QED) is 0.202. The van der Waals surface area contributed by atoms with Crippen LogP contribution in [0.4, 0.5) is 5.69 Å². The highest BCUT2D eigenvalue weighted by atomic mass is 16.5. The third-order valence-corrected chi connectivity index (χ3v) is 5.51. The van der Waals surface area contributed by atoms with Gasteiger partial charge >= 0.3 is 5.97 Å². The van der Waals surface area contributed by atoms with Gasteiger partial charge in [0.1, 0.15) is 0 Å². The van der Waals surface area contributed by atoms with Crippen molar-refractivity contribution in [2.75, 3.05) is 11.9 Å². The first kappa shape index (κ1) is 25.5. The normalized spacial score (nSPS) is 12.0. The Balaban J connectivity index is 2.01. The standard InChI is InChI=1S/C26H45NO2/c1-4-6-7-8-9-10-11-12-13-14-15-16-17-23(3)27-25-20-18-24(19-21-25)22-26(28)29-5-2/h18-21,23,27H,4-17,22H2,1-3H3. The van der Waals surface area contributed by atoms with Gasteiger partial charge in [-0.25, -0.2) is 0 Å². The Morgan fingerprint density at radius 3 is 1.86 bits per heavy atom. The van der Waals surface area contributed by atoms with E-state index in [1.54, 1.807) is 0 Å². The predicted molar refractivity (Wildman–Crippen MR) is 126 cm³/mol. The van der Waals surface area contributed by atoms with Crippen LogP contribution in [0.5, 0.6) is 0 Å². The summed E-state index contributed by atoms with van der Waals surface area (Å²) in [7, 11) is 0. The molecule has 1 atom stereocenters. The van der Waals surface area contributed by atoms with Crippen LogP contribution in [0.1, 0.15) is 110 Å². The zero-order valence-electron chi connectivity index (χ0n) is 19.3. The summed E-state index contributed by atoms with van der Waals surface area (Å²) < 4.78 is 5.00. The summed E-state index contributed by atoms with van der Waals surface area (Å²) in [4.78, 5) is 11.5. The minimum Gasteiger partial charge on any atom is -0.466 e. The molecular weight excluding hydrogens is 358 g/mol. The van der Waals surface area contributed by atoms with Gasteiger partial charge in [0.2, 0.25) is 0 Å². The largest absolute Gasteiger partial charge is 0.466 e. The summed E-state index contributed by atoms with van der Waals surface area (Å²) in [6.07, 6.45) is 18.3. The van der Waals surface area contributed by atoms with E-state index in [1.807, 2.05) is 19.1 Å². The van der Waals surface area contributed by atoms with Gasteiger partial charge in [0.15, 0.2) is 0 Å². The van der Waals surface area contributed by atoms with Crippen LogP contribution in [0.2, 0.25) is 0 Å². The number of ether oxygens (including phenoxy) is 1. The number of hydrogen-bond acceptors (Lipinski definition) is 3. The average Bonchev–Trinajstić information content (AvgIpc) is 2.70. The molecule has 166 valence electrons. The Bertz CT molecular complexity index is 512. The van der Waals surface area contributed by atoms with Crippen molar-refractivity contribution in [1.29, 1.82) is 0 Å². The number of esters is 1. The Labute approximate surface area is 180 Å². The molecule has 1 N–H and O–H groups in total. The van der Waals surface area contributed by atoms with E-state index in [0.717, 1.165) is 11.3 Å². The summed E-state index contributed by atoms with van der Waals surface area (Å²) in [6.45, 7) is 6.81. The van der Waals surface area contributed by atoms with Crippen LogP contribution in [0.3, 0.4) is 0 Å². The van der Waals surface area contributed by atoms with Crippen LogP contribution in [0.15, 0.2) is 24.3 Å². The minimum absolute atomic E-state index is 0.159. The van der Waals surface area contributed by atoms with E-state index in [9.17, 15) is 4.79 Å². The lowest BCUT2D eigenvalue weighted by molar-refractivity contribution is -0.142. The second-order valence-electron chi connectivity index (χ2n) is 8.40. The van der Waals surface area contributed by atoms with Gasteiger partial charge in [0.05, 0.1) is 13.0 Å². The van der Waals surface area contributed by atoms with E-state index in [0.29, 0.717) is 19.1 Å². The van der Waals surface area contributed by atoms with Gasteiger partial charge in [0, 0.05) is 11.7 Å². The molecule has 3 nitrogen and oxygen atoms in total. The smallest absolute Gasteiger partial charge is 0.310 e. The SMILES string of the molecule is CCCCCCCCCCCCCCC(C)Nc1ccc(CC(=O)OCC)cc1. The summed E-state index contributed by atoms with van der Waals surface area (Å²) >= 11 is 0. The van der Waals surface area contributed by atoms with Crippen LogP contribution in [0, 0.1) is 0 Å². The molecule has 0 aliphatic heterocycles. The number of carbonyl (C=O) groups is 1. The maximum Gasteiger partial charge on any atom is 0.310 e. The van der Waals surface area contributed by atoms with Gasteiger partial charge in [-0.3, -0.25) is 4.79 Å². The maximum atomic E-state index is 11.5. The molecule has 0 bridgehead atoms. The van der Waals surface area contributed by atoms with Crippen molar-refractivity contribution in [2.45, 2.75) is 117 Å². The van der Waals surface area contributed by atoms with Gasteiger partial charge in [-0.05, 0) is 38.0 Å². The Morgan fingerprint density at radius 2 is 1.34 bits per heavy atom. The summed E-state index contributed by atoms with van der Waals surface area (Å²) in [5.74, 6) is -0.159. The number of benzene rings is 1. The molecule has 1 rings (SSSR count). The number of rotatable bonds is 18. The monoisotopic (exact) mass is 403 g/mol. The zero-order valence-corrected chi connectivity index (χ0v) is 19.3. The van der Waals surface area contributed by atoms with Gasteiger partial charge in [-0.2, -0.15) is 0 Å². The van der Waals surface area contributed by atoms with Crippen molar-refractivity contribution in [3.63, 3.8) is 0 Å². The molecule has 29 heavy (non-hydrogen) atoms. The van der Waals surface area contributed by atoms with Crippen molar-refractivity contribution in [2.24, 2.45) is 0 Å². The molecule has 0 fully saturated rings. The van der Waals surface area contributed by atoms with E-state index in [2.05, 4.69) is 31.3 Å². The molecule has 1 aromatic rings. The van der Waals surface area contributed by atoms with Gasteiger partial charge in [-0.1, -0.05) is 96.1 Å². The lowest BCUT2D eigenvalue weighted by Gasteiger charge is -2.15. The molecule has 3 heteroatoms. The van der Waals surface area contributed by atoms with Crippen LogP contribution in [-0.4, -0.2) is 18.6 Å². The number of unbranched alkanes of at least 4 members (excludes halogenated alkanes) is 11. The number of nitrogens with one attached hydrogen (secondary N) is 1. The molecular formula is C26H45NO2. The van der Waals surface area contributed by atoms with E-state index in [-0.39, 0.29) is 5.97 Å². The number of hydrogen-bond donors (Lipinski definition) is 1. The second kappa shape index (κ2) is 17.4. The Morgan fingerprint density at radius 1 is 0.828 bits per heavy atom. The Kier molecular flexibility index (Phi) is 15.3. The zero-order chi connectivity index (χ0) is 21.2. The van der Waals surface area contributed by atoms with Crippen molar-refractivity contribution in [3.05, 3.63) is 29.8 Å². The maximum absolute atomic E-state index is 11.5. The van der Waals surface area contributed by atoms with Crippen LogP contribution >= 0.6 is 0 Å². The van der Waals surface area contributed by atoms with Crippen molar-refractivity contribution in [1.82, 2.24) is 0 Å². The second-order valence-corrected chi connectivity index (χ2v) is 8.40. The molecule has 0 spiro atoms. The lowest BCUT2D eigenvalue weighted by atomic mass is 10.0. The predicted octanol–water partition coefficient (Wildman–Crippen LogP) is 7.68. The highest BCUT2D eigenvalue weighted by Crippen LogP contribution is 2.16. The molecule has 0 aromatic heterocycles. The molecule has 0 radical (unpaired) electrons. The first-order valence-electron chi connectivity index (χ1n) is 12.2. The van der Waals surface area contributed by atoms with Crippen LogP contribution in [0.25, 0.3) is 0 Å². The number of carbonyl (C=O) groups excluding carboxylic acids is 1. The fourth-order valence-electron chi connectivity index (χ4n) is 3.75. The fraction of sp³-hybridized carbons (Fsp3) is 0.731. The first-order valence-corrected chi connectivity index (χ1v) is 12.2. The van der Waals surface area contributed by atoms with Gasteiger partial charge in [0.25, 0.3) is 0 Å². The molecule has 0 saturated carbocycles. The van der Waals surface area contributed by atoms with E-state index in [1.165, 1.54) is 83.5 Å². The third kappa shape index (κ3) is 14.2. The lowest BCUT2D eigenvalue weighted by Crippen LogP contribution is -2.15. The molecule has 1 aromatic carbocycles. The molecule has 0 aliphatic rings. The molecule has 0 heterocycles. The van der Waals surface area contributed by atoms with Crippen molar-refractivity contribution >= 4 is 11.7 Å². The van der Waals surface area contributed by atoms with Crippen LogP contribution in [-0.2, 0) is 16.0 Å². The summed E-state index contributed by atoms with van der Waals surface area (Å²) in [5.41, 5.74) is 2.13. The minimum atomic E-state index is -0.159. The highest BCUT2D eigenvalue weighted by Gasteiger charge is 2.05. The van der Waals surface area contributed by atoms with Gasteiger partial charge in [-0.15, -0.1) is 0 Å². The summed E-state index contributed by atoms with van der Waals surface area (Å²) in [5, 5.41) is 3.57. The first-order chi connectivity index (χ1) is 14.2. The van der Waals surface area contributed by atoms with E-state index >= 15 is 0 Å². The molecule has 0 aliphatic carbocycles. The average molecular weight is 404 g/mol. The highest BCUT2D eigenvalue weighted by molar-refractivity contribution is 5.72. The number of anilines is 1. The van der Waals surface area contributed by atoms with Crippen molar-refractivity contribution in [3.8, 4) is 0 Å². The van der Waals surface area contributed by atoms with Gasteiger partial charge < -0.3 is 10.1 Å². The van der Waals surface area contributed by atoms with E-state index in [4.69, 9.17) is 4.74 Å².